The summed E-state index contributed by atoms with van der Waals surface area (Å²) in [7, 11) is 3.43. The van der Waals surface area contributed by atoms with Gasteiger partial charge in [-0.3, -0.25) is 9.59 Å². The van der Waals surface area contributed by atoms with Crippen molar-refractivity contribution in [3.63, 3.8) is 0 Å². The average Bonchev–Trinajstić information content (AvgIpc) is 2.81. The second-order valence-electron chi connectivity index (χ2n) is 5.89. The Morgan fingerprint density at radius 3 is 2.91 bits per heavy atom. The number of thiazole rings is 1. The van der Waals surface area contributed by atoms with E-state index in [1.54, 1.807) is 30.3 Å². The van der Waals surface area contributed by atoms with Crippen LogP contribution >= 0.6 is 11.3 Å². The lowest BCUT2D eigenvalue weighted by Gasteiger charge is -2.22. The van der Waals surface area contributed by atoms with E-state index in [2.05, 4.69) is 10.3 Å². The predicted molar refractivity (Wildman–Crippen MR) is 86.6 cm³/mol. The van der Waals surface area contributed by atoms with Crippen LogP contribution in [0.25, 0.3) is 0 Å². The normalized spacial score (nSPS) is 19.1. The van der Waals surface area contributed by atoms with Crippen molar-refractivity contribution >= 4 is 23.2 Å². The van der Waals surface area contributed by atoms with Gasteiger partial charge < -0.3 is 15.1 Å². The second-order valence-corrected chi connectivity index (χ2v) is 6.83. The summed E-state index contributed by atoms with van der Waals surface area (Å²) in [5, 5.41) is 6.60. The summed E-state index contributed by atoms with van der Waals surface area (Å²) in [4.78, 5) is 31.5. The van der Waals surface area contributed by atoms with E-state index in [1.165, 1.54) is 4.90 Å². The van der Waals surface area contributed by atoms with E-state index in [0.29, 0.717) is 19.0 Å². The van der Waals surface area contributed by atoms with E-state index in [9.17, 15) is 9.59 Å². The minimum absolute atomic E-state index is 0.0296. The Kier molecular flexibility index (Phi) is 5.90. The molecule has 0 aliphatic carbocycles. The van der Waals surface area contributed by atoms with Gasteiger partial charge in [0.25, 0.3) is 0 Å². The third kappa shape index (κ3) is 4.78. The van der Waals surface area contributed by atoms with Crippen LogP contribution in [0.2, 0.25) is 0 Å². The molecule has 0 spiro atoms. The standard InChI is InChI=1S/C15H24N4O2S/c1-11-10-22-13(17-11)8-16-12-4-5-14(20)19(7-6-12)9-15(21)18(2)3/h10,12,16H,4-9H2,1-3H3/t12-/m0/s1. The summed E-state index contributed by atoms with van der Waals surface area (Å²) < 4.78 is 0. The molecular formula is C15H24N4O2S. The van der Waals surface area contributed by atoms with Crippen LogP contribution in [0, 0.1) is 6.92 Å². The summed E-state index contributed by atoms with van der Waals surface area (Å²) in [5.74, 6) is 0.0441. The summed E-state index contributed by atoms with van der Waals surface area (Å²) in [6.07, 6.45) is 2.18. The predicted octanol–water partition coefficient (Wildman–Crippen LogP) is 1.01. The highest BCUT2D eigenvalue weighted by Crippen LogP contribution is 2.14. The van der Waals surface area contributed by atoms with E-state index < -0.39 is 0 Å². The van der Waals surface area contributed by atoms with E-state index in [1.807, 2.05) is 12.3 Å². The molecule has 0 bridgehead atoms. The Morgan fingerprint density at radius 2 is 2.27 bits per heavy atom. The SMILES string of the molecule is Cc1csc(CN[C@H]2CCC(=O)N(CC(=O)N(C)C)CC2)n1. The van der Waals surface area contributed by atoms with Crippen LogP contribution in [0.1, 0.15) is 30.0 Å². The first-order chi connectivity index (χ1) is 10.5. The number of hydrogen-bond acceptors (Lipinski definition) is 5. The number of nitrogens with one attached hydrogen (secondary N) is 1. The number of aromatic nitrogens is 1. The molecule has 0 unspecified atom stereocenters. The first-order valence-corrected chi connectivity index (χ1v) is 8.46. The lowest BCUT2D eigenvalue weighted by atomic mass is 10.1. The van der Waals surface area contributed by atoms with Crippen molar-refractivity contribution in [1.82, 2.24) is 20.1 Å². The van der Waals surface area contributed by atoms with Crippen LogP contribution in [-0.4, -0.2) is 59.8 Å². The zero-order valence-electron chi connectivity index (χ0n) is 13.5. The minimum atomic E-state index is -0.0296. The zero-order chi connectivity index (χ0) is 16.1. The van der Waals surface area contributed by atoms with Gasteiger partial charge in [-0.05, 0) is 19.8 Å². The Hall–Kier alpha value is -1.47. The van der Waals surface area contributed by atoms with Crippen LogP contribution in [0.3, 0.4) is 0 Å². The molecule has 22 heavy (non-hydrogen) atoms. The van der Waals surface area contributed by atoms with Crippen LogP contribution in [-0.2, 0) is 16.1 Å². The molecule has 1 N–H and O–H groups in total. The number of likely N-dealkylation sites (N-methyl/N-ethyl adjacent to an activating group) is 1. The molecule has 1 saturated heterocycles. The molecule has 1 aliphatic rings. The largest absolute Gasteiger partial charge is 0.347 e. The van der Waals surface area contributed by atoms with Crippen molar-refractivity contribution in [1.29, 1.82) is 0 Å². The van der Waals surface area contributed by atoms with Gasteiger partial charge >= 0.3 is 0 Å². The van der Waals surface area contributed by atoms with E-state index >= 15 is 0 Å². The Bertz CT molecular complexity index is 529. The number of rotatable bonds is 5. The Labute approximate surface area is 135 Å². The van der Waals surface area contributed by atoms with Gasteiger partial charge in [-0.1, -0.05) is 0 Å². The molecule has 1 aliphatic heterocycles. The van der Waals surface area contributed by atoms with E-state index in [4.69, 9.17) is 0 Å². The molecule has 1 atom stereocenters. The molecule has 2 amide bonds. The maximum absolute atomic E-state index is 12.1. The van der Waals surface area contributed by atoms with Gasteiger partial charge in [0, 0.05) is 50.7 Å². The van der Waals surface area contributed by atoms with Gasteiger partial charge in [-0.2, -0.15) is 0 Å². The van der Waals surface area contributed by atoms with Crippen LogP contribution < -0.4 is 5.32 Å². The third-order valence-electron chi connectivity index (χ3n) is 3.84. The molecule has 0 radical (unpaired) electrons. The van der Waals surface area contributed by atoms with Crippen LogP contribution in [0.4, 0.5) is 0 Å². The molecule has 2 rings (SSSR count). The quantitative estimate of drug-likeness (QED) is 0.878. The molecule has 0 aromatic carbocycles. The van der Waals surface area contributed by atoms with Gasteiger partial charge in [0.15, 0.2) is 0 Å². The molecule has 7 heteroatoms. The van der Waals surface area contributed by atoms with Crippen molar-refractivity contribution < 1.29 is 9.59 Å². The fraction of sp³-hybridized carbons (Fsp3) is 0.667. The molecule has 0 saturated carbocycles. The number of hydrogen-bond donors (Lipinski definition) is 1. The first-order valence-electron chi connectivity index (χ1n) is 7.58. The molecule has 1 aromatic rings. The lowest BCUT2D eigenvalue weighted by Crippen LogP contribution is -2.40. The van der Waals surface area contributed by atoms with Crippen molar-refractivity contribution in [3.8, 4) is 0 Å². The number of carbonyl (C=O) groups is 2. The molecule has 1 aromatic heterocycles. The van der Waals surface area contributed by atoms with Crippen molar-refractivity contribution in [2.75, 3.05) is 27.2 Å². The maximum atomic E-state index is 12.1. The van der Waals surface area contributed by atoms with E-state index in [0.717, 1.165) is 30.1 Å². The van der Waals surface area contributed by atoms with Crippen LogP contribution in [0.5, 0.6) is 0 Å². The van der Waals surface area contributed by atoms with Crippen molar-refractivity contribution in [2.24, 2.45) is 0 Å². The molecular weight excluding hydrogens is 300 g/mol. The average molecular weight is 324 g/mol. The van der Waals surface area contributed by atoms with Gasteiger partial charge in [-0.25, -0.2) is 4.98 Å². The minimum Gasteiger partial charge on any atom is -0.347 e. The highest BCUT2D eigenvalue weighted by Gasteiger charge is 2.24. The zero-order valence-corrected chi connectivity index (χ0v) is 14.3. The second kappa shape index (κ2) is 7.69. The van der Waals surface area contributed by atoms with Gasteiger partial charge in [0.1, 0.15) is 5.01 Å². The first kappa shape index (κ1) is 16.9. The fourth-order valence-corrected chi connectivity index (χ4v) is 3.15. The van der Waals surface area contributed by atoms with Crippen molar-refractivity contribution in [3.05, 3.63) is 16.1 Å². The lowest BCUT2D eigenvalue weighted by molar-refractivity contribution is -0.138. The number of aryl methyl sites for hydroxylation is 1. The highest BCUT2D eigenvalue weighted by atomic mass is 32.1. The monoisotopic (exact) mass is 324 g/mol. The number of nitrogens with zero attached hydrogens (tertiary/aromatic N) is 3. The van der Waals surface area contributed by atoms with Gasteiger partial charge in [-0.15, -0.1) is 11.3 Å². The topological polar surface area (TPSA) is 65.5 Å². The Balaban J connectivity index is 1.83. The summed E-state index contributed by atoms with van der Waals surface area (Å²) >= 11 is 1.65. The molecule has 1 fully saturated rings. The smallest absolute Gasteiger partial charge is 0.241 e. The fourth-order valence-electron chi connectivity index (χ4n) is 2.43. The van der Waals surface area contributed by atoms with Gasteiger partial charge in [0.2, 0.25) is 11.8 Å². The van der Waals surface area contributed by atoms with Crippen LogP contribution in [0.15, 0.2) is 5.38 Å². The third-order valence-corrected chi connectivity index (χ3v) is 4.81. The molecule has 6 nitrogen and oxygen atoms in total. The maximum Gasteiger partial charge on any atom is 0.241 e. The summed E-state index contributed by atoms with van der Waals surface area (Å²) in [5.41, 5.74) is 1.05. The highest BCUT2D eigenvalue weighted by molar-refractivity contribution is 7.09. The van der Waals surface area contributed by atoms with E-state index in [-0.39, 0.29) is 18.4 Å². The molecule has 2 heterocycles. The molecule has 122 valence electrons. The van der Waals surface area contributed by atoms with Crippen molar-refractivity contribution in [2.45, 2.75) is 38.8 Å². The summed E-state index contributed by atoms with van der Waals surface area (Å²) in [6, 6.07) is 0.299. The van der Waals surface area contributed by atoms with Gasteiger partial charge in [0.05, 0.1) is 6.54 Å². The summed E-state index contributed by atoms with van der Waals surface area (Å²) in [6.45, 7) is 3.55. The Morgan fingerprint density at radius 1 is 1.50 bits per heavy atom. The number of amides is 2. The number of carbonyl (C=O) groups excluding carboxylic acids is 2. The number of likely N-dealkylation sites (tertiary alicyclic amines) is 1.